The van der Waals surface area contributed by atoms with E-state index in [4.69, 9.17) is 4.74 Å². The van der Waals surface area contributed by atoms with Crippen molar-refractivity contribution in [2.45, 2.75) is 32.8 Å². The zero-order chi connectivity index (χ0) is 25.4. The fourth-order valence-corrected chi connectivity index (χ4v) is 4.58. The second kappa shape index (κ2) is 9.29. The summed E-state index contributed by atoms with van der Waals surface area (Å²) in [4.78, 5) is 35.9. The summed E-state index contributed by atoms with van der Waals surface area (Å²) in [5.41, 5.74) is 4.36. The van der Waals surface area contributed by atoms with Crippen molar-refractivity contribution in [3.8, 4) is 22.5 Å². The van der Waals surface area contributed by atoms with Gasteiger partial charge in [-0.1, -0.05) is 0 Å². The fraction of sp³-hybridized carbons (Fsp3) is 0.370. The molecule has 2 aliphatic rings. The van der Waals surface area contributed by atoms with Gasteiger partial charge in [-0.05, 0) is 57.2 Å². The molecule has 1 saturated heterocycles. The molecular formula is C27H30FN5O3. The number of halogens is 1. The van der Waals surface area contributed by atoms with Crippen LogP contribution in [0.1, 0.15) is 36.8 Å². The number of ether oxygens (including phenoxy) is 1. The highest BCUT2D eigenvalue weighted by Gasteiger charge is 2.26. The van der Waals surface area contributed by atoms with Gasteiger partial charge >= 0.3 is 6.09 Å². The maximum Gasteiger partial charge on any atom is 0.410 e. The van der Waals surface area contributed by atoms with Gasteiger partial charge in [0.25, 0.3) is 5.91 Å². The number of anilines is 1. The van der Waals surface area contributed by atoms with Gasteiger partial charge in [0.05, 0.1) is 11.3 Å². The van der Waals surface area contributed by atoms with E-state index in [0.717, 1.165) is 29.1 Å². The molecule has 2 amide bonds. The number of hydrogen-bond donors (Lipinski definition) is 2. The van der Waals surface area contributed by atoms with Crippen molar-refractivity contribution in [1.82, 2.24) is 20.2 Å². The van der Waals surface area contributed by atoms with Crippen LogP contribution in [0.3, 0.4) is 0 Å². The Morgan fingerprint density at radius 2 is 1.83 bits per heavy atom. The summed E-state index contributed by atoms with van der Waals surface area (Å²) in [6.07, 6.45) is 2.08. The standard InChI is InChI=1S/C27H30FN5O3/c1-27(2,3)36-26(35)33-12-10-32(11-13-33)18-4-5-19(21(28)15-18)24-14-17(6-8-29-24)23-16-20-22(31-23)7-9-30-25(20)34/h4-6,8,14-16,31H,7,9-13H2,1-3H3,(H,30,34). The Balaban J connectivity index is 1.30. The molecule has 5 rings (SSSR count). The number of rotatable bonds is 3. The van der Waals surface area contributed by atoms with Gasteiger partial charge in [0, 0.05) is 73.5 Å². The molecule has 0 aliphatic carbocycles. The third kappa shape index (κ3) is 4.91. The van der Waals surface area contributed by atoms with Gasteiger partial charge in [0.2, 0.25) is 0 Å². The first-order valence-corrected chi connectivity index (χ1v) is 12.2. The summed E-state index contributed by atoms with van der Waals surface area (Å²) in [6, 6.07) is 10.6. The summed E-state index contributed by atoms with van der Waals surface area (Å²) < 4.78 is 20.7. The lowest BCUT2D eigenvalue weighted by molar-refractivity contribution is 0.0240. The zero-order valence-electron chi connectivity index (χ0n) is 20.7. The molecule has 0 saturated carbocycles. The zero-order valence-corrected chi connectivity index (χ0v) is 20.7. The minimum Gasteiger partial charge on any atom is -0.444 e. The average molecular weight is 492 g/mol. The van der Waals surface area contributed by atoms with Crippen LogP contribution < -0.4 is 10.2 Å². The lowest BCUT2D eigenvalue weighted by atomic mass is 10.1. The van der Waals surface area contributed by atoms with E-state index in [1.165, 1.54) is 6.07 Å². The van der Waals surface area contributed by atoms with Crippen LogP contribution in [0, 0.1) is 5.82 Å². The van der Waals surface area contributed by atoms with Gasteiger partial charge in [0.1, 0.15) is 11.4 Å². The molecule has 0 spiro atoms. The number of aromatic nitrogens is 2. The first kappa shape index (κ1) is 23.8. The molecule has 2 N–H and O–H groups in total. The second-order valence-electron chi connectivity index (χ2n) is 10.1. The molecule has 9 heteroatoms. The van der Waals surface area contributed by atoms with Crippen LogP contribution in [0.5, 0.6) is 0 Å². The maximum atomic E-state index is 15.2. The number of nitrogens with one attached hydrogen (secondary N) is 2. The van der Waals surface area contributed by atoms with Gasteiger partial charge in [-0.25, -0.2) is 9.18 Å². The molecule has 0 bridgehead atoms. The number of carbonyl (C=O) groups excluding carboxylic acids is 2. The number of hydrogen-bond acceptors (Lipinski definition) is 5. The smallest absolute Gasteiger partial charge is 0.410 e. The summed E-state index contributed by atoms with van der Waals surface area (Å²) in [6.45, 7) is 8.37. The van der Waals surface area contributed by atoms with Crippen molar-refractivity contribution >= 4 is 17.7 Å². The Bertz CT molecular complexity index is 1300. The van der Waals surface area contributed by atoms with Crippen molar-refractivity contribution in [3.05, 3.63) is 59.7 Å². The molecule has 1 aromatic carbocycles. The minimum atomic E-state index is -0.534. The largest absolute Gasteiger partial charge is 0.444 e. The highest BCUT2D eigenvalue weighted by Crippen LogP contribution is 2.30. The van der Waals surface area contributed by atoms with E-state index in [1.807, 2.05) is 45.0 Å². The number of benzene rings is 1. The molecule has 188 valence electrons. The molecule has 1 fully saturated rings. The fourth-order valence-electron chi connectivity index (χ4n) is 4.58. The van der Waals surface area contributed by atoms with Crippen LogP contribution in [-0.2, 0) is 11.2 Å². The predicted octanol–water partition coefficient (Wildman–Crippen LogP) is 4.23. The number of nitrogens with zero attached hydrogens (tertiary/aromatic N) is 3. The Hall–Kier alpha value is -3.88. The monoisotopic (exact) mass is 491 g/mol. The van der Waals surface area contributed by atoms with E-state index < -0.39 is 5.60 Å². The maximum absolute atomic E-state index is 15.2. The second-order valence-corrected chi connectivity index (χ2v) is 10.1. The van der Waals surface area contributed by atoms with Gasteiger partial charge < -0.3 is 24.8 Å². The normalized spacial score (nSPS) is 15.9. The third-order valence-electron chi connectivity index (χ3n) is 6.40. The summed E-state index contributed by atoms with van der Waals surface area (Å²) in [7, 11) is 0. The van der Waals surface area contributed by atoms with Crippen molar-refractivity contribution in [2.75, 3.05) is 37.6 Å². The van der Waals surface area contributed by atoms with Crippen molar-refractivity contribution in [1.29, 1.82) is 0 Å². The van der Waals surface area contributed by atoms with Crippen LogP contribution in [0.4, 0.5) is 14.9 Å². The van der Waals surface area contributed by atoms with E-state index in [1.54, 1.807) is 17.2 Å². The number of aromatic amines is 1. The van der Waals surface area contributed by atoms with Crippen molar-refractivity contribution < 1.29 is 18.7 Å². The lowest BCUT2D eigenvalue weighted by Crippen LogP contribution is -2.50. The Morgan fingerprint density at radius 3 is 2.53 bits per heavy atom. The highest BCUT2D eigenvalue weighted by molar-refractivity contribution is 5.97. The van der Waals surface area contributed by atoms with Gasteiger partial charge in [-0.3, -0.25) is 9.78 Å². The molecule has 8 nitrogen and oxygen atoms in total. The molecule has 3 aromatic rings. The molecule has 2 aromatic heterocycles. The summed E-state index contributed by atoms with van der Waals surface area (Å²) in [5.74, 6) is -0.446. The number of fused-ring (bicyclic) bond motifs is 1. The SMILES string of the molecule is CC(C)(C)OC(=O)N1CCN(c2ccc(-c3cc(-c4cc5c([nH]4)CCNC5=O)ccn3)c(F)c2)CC1. The van der Waals surface area contributed by atoms with Crippen LogP contribution in [-0.4, -0.2) is 65.2 Å². The minimum absolute atomic E-state index is 0.0819. The Kier molecular flexibility index (Phi) is 6.15. The molecule has 2 aliphatic heterocycles. The van der Waals surface area contributed by atoms with Gasteiger partial charge in [0.15, 0.2) is 0 Å². The van der Waals surface area contributed by atoms with Crippen molar-refractivity contribution in [3.63, 3.8) is 0 Å². The van der Waals surface area contributed by atoms with E-state index in [-0.39, 0.29) is 17.8 Å². The Morgan fingerprint density at radius 1 is 1.06 bits per heavy atom. The number of H-pyrrole nitrogens is 1. The van der Waals surface area contributed by atoms with Gasteiger partial charge in [-0.2, -0.15) is 0 Å². The van der Waals surface area contributed by atoms with E-state index in [9.17, 15) is 9.59 Å². The number of piperazine rings is 1. The average Bonchev–Trinajstić information content (AvgIpc) is 3.29. The number of pyridine rings is 1. The Labute approximate surface area is 209 Å². The highest BCUT2D eigenvalue weighted by atomic mass is 19.1. The predicted molar refractivity (Wildman–Crippen MR) is 135 cm³/mol. The summed E-state index contributed by atoms with van der Waals surface area (Å²) >= 11 is 0. The molecule has 0 atom stereocenters. The van der Waals surface area contributed by atoms with Crippen LogP contribution in [0.15, 0.2) is 42.6 Å². The van der Waals surface area contributed by atoms with Crippen LogP contribution >= 0.6 is 0 Å². The molecular weight excluding hydrogens is 461 g/mol. The first-order valence-electron chi connectivity index (χ1n) is 12.2. The van der Waals surface area contributed by atoms with E-state index in [0.29, 0.717) is 49.5 Å². The quantitative estimate of drug-likeness (QED) is 0.572. The molecule has 36 heavy (non-hydrogen) atoms. The summed E-state index contributed by atoms with van der Waals surface area (Å²) in [5, 5.41) is 2.85. The first-order chi connectivity index (χ1) is 17.2. The molecule has 4 heterocycles. The van der Waals surface area contributed by atoms with E-state index >= 15 is 4.39 Å². The number of amides is 2. The topological polar surface area (TPSA) is 90.6 Å². The third-order valence-corrected chi connectivity index (χ3v) is 6.40. The molecule has 0 unspecified atom stereocenters. The lowest BCUT2D eigenvalue weighted by Gasteiger charge is -2.36. The van der Waals surface area contributed by atoms with Gasteiger partial charge in [-0.15, -0.1) is 0 Å². The molecule has 0 radical (unpaired) electrons. The van der Waals surface area contributed by atoms with E-state index in [2.05, 4.69) is 20.2 Å². The van der Waals surface area contributed by atoms with Crippen molar-refractivity contribution in [2.24, 2.45) is 0 Å². The number of carbonyl (C=O) groups is 2. The van der Waals surface area contributed by atoms with Crippen LogP contribution in [0.25, 0.3) is 22.5 Å². The van der Waals surface area contributed by atoms with Crippen LogP contribution in [0.2, 0.25) is 0 Å².